The highest BCUT2D eigenvalue weighted by Gasteiger charge is 2.21. The van der Waals surface area contributed by atoms with Crippen LogP contribution in [0, 0.1) is 0 Å². The molecule has 1 amide bonds. The molecule has 0 bridgehead atoms. The Balaban J connectivity index is 1.99. The van der Waals surface area contributed by atoms with Crippen LogP contribution in [0.15, 0.2) is 16.6 Å². The smallest absolute Gasteiger partial charge is 0.258 e. The van der Waals surface area contributed by atoms with Crippen LogP contribution in [0.2, 0.25) is 0 Å². The van der Waals surface area contributed by atoms with E-state index in [9.17, 15) is 4.79 Å². The SMILES string of the molecule is COc1cc(CNC2CC2)c(Br)cc1OCC(=O)NC(C)(C)C. The lowest BCUT2D eigenvalue weighted by Crippen LogP contribution is -2.43. The number of hydrogen-bond donors (Lipinski definition) is 2. The summed E-state index contributed by atoms with van der Waals surface area (Å²) in [6.45, 7) is 6.54. The van der Waals surface area contributed by atoms with Crippen molar-refractivity contribution in [1.82, 2.24) is 10.6 Å². The fourth-order valence-electron chi connectivity index (χ4n) is 2.12. The maximum atomic E-state index is 11.9. The number of nitrogens with one attached hydrogen (secondary N) is 2. The summed E-state index contributed by atoms with van der Waals surface area (Å²) < 4.78 is 12.0. The summed E-state index contributed by atoms with van der Waals surface area (Å²) in [6, 6.07) is 4.44. The topological polar surface area (TPSA) is 59.6 Å². The van der Waals surface area contributed by atoms with Gasteiger partial charge in [0.1, 0.15) is 0 Å². The van der Waals surface area contributed by atoms with E-state index in [4.69, 9.17) is 9.47 Å². The van der Waals surface area contributed by atoms with Gasteiger partial charge in [-0.25, -0.2) is 0 Å². The van der Waals surface area contributed by atoms with Gasteiger partial charge in [0.25, 0.3) is 5.91 Å². The zero-order chi connectivity index (χ0) is 17.0. The number of hydrogen-bond acceptors (Lipinski definition) is 4. The van der Waals surface area contributed by atoms with Crippen LogP contribution in [0.3, 0.4) is 0 Å². The van der Waals surface area contributed by atoms with E-state index < -0.39 is 0 Å². The number of halogens is 1. The molecule has 0 aliphatic heterocycles. The van der Waals surface area contributed by atoms with E-state index in [1.54, 1.807) is 7.11 Å². The van der Waals surface area contributed by atoms with E-state index in [0.717, 1.165) is 16.6 Å². The van der Waals surface area contributed by atoms with Gasteiger partial charge in [-0.3, -0.25) is 4.79 Å². The van der Waals surface area contributed by atoms with Gasteiger partial charge in [0.2, 0.25) is 0 Å². The third-order valence-corrected chi connectivity index (χ3v) is 4.10. The fraction of sp³-hybridized carbons (Fsp3) is 0.588. The average Bonchev–Trinajstić information content (AvgIpc) is 3.26. The normalized spacial score (nSPS) is 14.5. The summed E-state index contributed by atoms with van der Waals surface area (Å²) in [7, 11) is 1.60. The Morgan fingerprint density at radius 1 is 1.30 bits per heavy atom. The molecule has 2 N–H and O–H groups in total. The van der Waals surface area contributed by atoms with Crippen LogP contribution in [-0.2, 0) is 11.3 Å². The molecule has 2 rings (SSSR count). The van der Waals surface area contributed by atoms with E-state index in [0.29, 0.717) is 17.5 Å². The Morgan fingerprint density at radius 2 is 2.00 bits per heavy atom. The highest BCUT2D eigenvalue weighted by atomic mass is 79.9. The second kappa shape index (κ2) is 7.53. The Kier molecular flexibility index (Phi) is 5.92. The molecule has 23 heavy (non-hydrogen) atoms. The second-order valence-corrected chi connectivity index (χ2v) is 7.69. The zero-order valence-electron chi connectivity index (χ0n) is 14.2. The molecule has 5 nitrogen and oxygen atoms in total. The van der Waals surface area contributed by atoms with Gasteiger partial charge in [-0.1, -0.05) is 15.9 Å². The van der Waals surface area contributed by atoms with Crippen molar-refractivity contribution < 1.29 is 14.3 Å². The third-order valence-electron chi connectivity index (χ3n) is 3.36. The number of carbonyl (C=O) groups is 1. The van der Waals surface area contributed by atoms with Crippen LogP contribution in [0.25, 0.3) is 0 Å². The first-order valence-electron chi connectivity index (χ1n) is 7.82. The highest BCUT2D eigenvalue weighted by Crippen LogP contribution is 2.34. The molecule has 0 spiro atoms. The third kappa shape index (κ3) is 6.03. The highest BCUT2D eigenvalue weighted by molar-refractivity contribution is 9.10. The molecule has 0 radical (unpaired) electrons. The summed E-state index contributed by atoms with van der Waals surface area (Å²) in [5.41, 5.74) is 0.837. The van der Waals surface area contributed by atoms with Crippen LogP contribution < -0.4 is 20.1 Å². The minimum Gasteiger partial charge on any atom is -0.493 e. The van der Waals surface area contributed by atoms with Crippen molar-refractivity contribution in [3.63, 3.8) is 0 Å². The van der Waals surface area contributed by atoms with Gasteiger partial charge in [0.15, 0.2) is 18.1 Å². The Hall–Kier alpha value is -1.27. The maximum absolute atomic E-state index is 11.9. The minimum atomic E-state index is -0.274. The number of methoxy groups -OCH3 is 1. The van der Waals surface area contributed by atoms with E-state index in [1.807, 2.05) is 32.9 Å². The molecule has 128 valence electrons. The first kappa shape index (κ1) is 18.1. The minimum absolute atomic E-state index is 0.0419. The molecule has 1 saturated carbocycles. The lowest BCUT2D eigenvalue weighted by atomic mass is 10.1. The maximum Gasteiger partial charge on any atom is 0.258 e. The van der Waals surface area contributed by atoms with Gasteiger partial charge in [-0.15, -0.1) is 0 Å². The van der Waals surface area contributed by atoms with Crippen LogP contribution in [0.4, 0.5) is 0 Å². The standard InChI is InChI=1S/C17H25BrN2O3/c1-17(2,3)20-16(21)10-23-15-8-13(18)11(7-14(15)22-4)9-19-12-5-6-12/h7-8,12,19H,5-6,9-10H2,1-4H3,(H,20,21). The van der Waals surface area contributed by atoms with Crippen molar-refractivity contribution in [2.45, 2.75) is 51.7 Å². The van der Waals surface area contributed by atoms with Gasteiger partial charge in [-0.05, 0) is 51.3 Å². The van der Waals surface area contributed by atoms with Crippen LogP contribution >= 0.6 is 15.9 Å². The van der Waals surface area contributed by atoms with Gasteiger partial charge in [0.05, 0.1) is 7.11 Å². The molecule has 1 aliphatic rings. The molecule has 1 aromatic rings. The molecule has 0 aromatic heterocycles. The van der Waals surface area contributed by atoms with Crippen molar-refractivity contribution in [2.24, 2.45) is 0 Å². The summed E-state index contributed by atoms with van der Waals surface area (Å²) >= 11 is 3.56. The molecule has 1 aliphatic carbocycles. The van der Waals surface area contributed by atoms with E-state index in [1.165, 1.54) is 12.8 Å². The summed E-state index contributed by atoms with van der Waals surface area (Å²) in [4.78, 5) is 11.9. The van der Waals surface area contributed by atoms with Crippen LogP contribution in [0.5, 0.6) is 11.5 Å². The average molecular weight is 385 g/mol. The van der Waals surface area contributed by atoms with Crippen molar-refractivity contribution in [3.8, 4) is 11.5 Å². The lowest BCUT2D eigenvalue weighted by Gasteiger charge is -2.21. The molecule has 0 atom stereocenters. The van der Waals surface area contributed by atoms with Gasteiger partial charge < -0.3 is 20.1 Å². The second-order valence-electron chi connectivity index (χ2n) is 6.84. The zero-order valence-corrected chi connectivity index (χ0v) is 15.7. The van der Waals surface area contributed by atoms with Gasteiger partial charge in [-0.2, -0.15) is 0 Å². The predicted octanol–water partition coefficient (Wildman–Crippen LogP) is 3.00. The predicted molar refractivity (Wildman–Crippen MR) is 93.9 cm³/mol. The largest absolute Gasteiger partial charge is 0.493 e. The van der Waals surface area contributed by atoms with Crippen molar-refractivity contribution in [1.29, 1.82) is 0 Å². The van der Waals surface area contributed by atoms with E-state index in [2.05, 4.69) is 26.6 Å². The number of rotatable bonds is 7. The summed E-state index contributed by atoms with van der Waals surface area (Å²) in [5.74, 6) is 1.03. The number of benzene rings is 1. The molecular weight excluding hydrogens is 360 g/mol. The Bertz CT molecular complexity index is 566. The molecule has 1 fully saturated rings. The van der Waals surface area contributed by atoms with Crippen molar-refractivity contribution >= 4 is 21.8 Å². The monoisotopic (exact) mass is 384 g/mol. The Labute approximate surface area is 146 Å². The fourth-order valence-corrected chi connectivity index (χ4v) is 2.59. The number of ether oxygens (including phenoxy) is 2. The first-order chi connectivity index (χ1) is 10.8. The Morgan fingerprint density at radius 3 is 2.57 bits per heavy atom. The molecule has 0 heterocycles. The molecular formula is C17H25BrN2O3. The molecule has 6 heteroatoms. The van der Waals surface area contributed by atoms with E-state index >= 15 is 0 Å². The lowest BCUT2D eigenvalue weighted by molar-refractivity contribution is -0.124. The van der Waals surface area contributed by atoms with Crippen LogP contribution in [-0.4, -0.2) is 31.2 Å². The van der Waals surface area contributed by atoms with Gasteiger partial charge >= 0.3 is 0 Å². The number of amides is 1. The van der Waals surface area contributed by atoms with E-state index in [-0.39, 0.29) is 18.1 Å². The summed E-state index contributed by atoms with van der Waals surface area (Å²) in [5, 5.41) is 6.34. The number of carbonyl (C=O) groups excluding carboxylic acids is 1. The first-order valence-corrected chi connectivity index (χ1v) is 8.61. The van der Waals surface area contributed by atoms with Crippen LogP contribution in [0.1, 0.15) is 39.2 Å². The van der Waals surface area contributed by atoms with Gasteiger partial charge in [0, 0.05) is 22.6 Å². The molecule has 1 aromatic carbocycles. The quantitative estimate of drug-likeness (QED) is 0.758. The molecule has 0 saturated heterocycles. The van der Waals surface area contributed by atoms with Crippen molar-refractivity contribution in [3.05, 3.63) is 22.2 Å². The molecule has 0 unspecified atom stereocenters. The summed E-state index contributed by atoms with van der Waals surface area (Å²) in [6.07, 6.45) is 2.50. The van der Waals surface area contributed by atoms with Crippen molar-refractivity contribution in [2.75, 3.05) is 13.7 Å².